The minimum Gasteiger partial charge on any atom is -0.383 e. The van der Waals surface area contributed by atoms with Crippen LogP contribution >= 0.6 is 15.9 Å². The largest absolute Gasteiger partial charge is 0.383 e. The van der Waals surface area contributed by atoms with E-state index in [9.17, 15) is 13.2 Å². The maximum atomic E-state index is 12.5. The number of amides is 1. The molecule has 148 valence electrons. The summed E-state index contributed by atoms with van der Waals surface area (Å²) in [4.78, 5) is 12.6. The minimum absolute atomic E-state index is 0.0215. The van der Waals surface area contributed by atoms with Crippen LogP contribution in [-0.4, -0.2) is 40.6 Å². The summed E-state index contributed by atoms with van der Waals surface area (Å²) in [5, 5.41) is 2.94. The van der Waals surface area contributed by atoms with Gasteiger partial charge < -0.3 is 10.1 Å². The zero-order valence-electron chi connectivity index (χ0n) is 15.8. The lowest BCUT2D eigenvalue weighted by Crippen LogP contribution is -2.33. The van der Waals surface area contributed by atoms with Gasteiger partial charge in [-0.2, -0.15) is 0 Å². The lowest BCUT2D eigenvalue weighted by atomic mass is 10.0. The van der Waals surface area contributed by atoms with Crippen LogP contribution < -0.4 is 10.0 Å². The van der Waals surface area contributed by atoms with Crippen molar-refractivity contribution in [2.75, 3.05) is 20.3 Å². The summed E-state index contributed by atoms with van der Waals surface area (Å²) in [5.41, 5.74) is 0.301. The molecular formula is C18H29BrN2O4S. The monoisotopic (exact) mass is 448 g/mol. The summed E-state index contributed by atoms with van der Waals surface area (Å²) < 4.78 is 32.5. The number of hydrogen-bond acceptors (Lipinski definition) is 4. The summed E-state index contributed by atoms with van der Waals surface area (Å²) in [7, 11) is -2.19. The zero-order valence-corrected chi connectivity index (χ0v) is 18.2. The third kappa shape index (κ3) is 7.73. The third-order valence-electron chi connectivity index (χ3n) is 3.89. The number of rotatable bonds is 11. The number of carbonyl (C=O) groups is 1. The molecule has 0 aromatic heterocycles. The number of hydrogen-bond donors (Lipinski definition) is 2. The molecular weight excluding hydrogens is 420 g/mol. The van der Waals surface area contributed by atoms with Crippen molar-refractivity contribution in [3.05, 3.63) is 28.2 Å². The second kappa shape index (κ2) is 11.0. The lowest BCUT2D eigenvalue weighted by molar-refractivity contribution is 0.0936. The fourth-order valence-electron chi connectivity index (χ4n) is 2.41. The van der Waals surface area contributed by atoms with Gasteiger partial charge in [0.05, 0.1) is 17.1 Å². The van der Waals surface area contributed by atoms with Crippen LogP contribution in [0.3, 0.4) is 0 Å². The van der Waals surface area contributed by atoms with Crippen LogP contribution in [0.2, 0.25) is 0 Å². The molecule has 0 heterocycles. The predicted octanol–water partition coefficient (Wildman–Crippen LogP) is 3.32. The SMILES string of the molecule is COCCNS(=O)(=O)c1ccc(Br)c(C(=O)NC(C)CCCC(C)C)c1. The molecule has 0 saturated carbocycles. The van der Waals surface area contributed by atoms with E-state index in [2.05, 4.69) is 39.8 Å². The maximum absolute atomic E-state index is 12.5. The van der Waals surface area contributed by atoms with Crippen LogP contribution in [0.5, 0.6) is 0 Å². The van der Waals surface area contributed by atoms with E-state index >= 15 is 0 Å². The Hall–Kier alpha value is -0.960. The molecule has 0 radical (unpaired) electrons. The van der Waals surface area contributed by atoms with E-state index in [1.165, 1.54) is 19.2 Å². The first-order valence-electron chi connectivity index (χ1n) is 8.76. The van der Waals surface area contributed by atoms with Crippen LogP contribution in [0, 0.1) is 5.92 Å². The van der Waals surface area contributed by atoms with Crippen molar-refractivity contribution in [2.45, 2.75) is 51.0 Å². The van der Waals surface area contributed by atoms with Crippen molar-refractivity contribution in [1.29, 1.82) is 0 Å². The molecule has 0 aliphatic rings. The van der Waals surface area contributed by atoms with E-state index in [1.54, 1.807) is 6.07 Å². The summed E-state index contributed by atoms with van der Waals surface area (Å²) in [6, 6.07) is 4.44. The molecule has 0 fully saturated rings. The summed E-state index contributed by atoms with van der Waals surface area (Å²) in [6.07, 6.45) is 3.04. The van der Waals surface area contributed by atoms with E-state index in [4.69, 9.17) is 4.74 Å². The molecule has 8 heteroatoms. The molecule has 0 bridgehead atoms. The van der Waals surface area contributed by atoms with Gasteiger partial charge >= 0.3 is 0 Å². The van der Waals surface area contributed by atoms with E-state index < -0.39 is 10.0 Å². The number of methoxy groups -OCH3 is 1. The standard InChI is InChI=1S/C18H29BrN2O4S/c1-13(2)6-5-7-14(3)21-18(22)16-12-15(8-9-17(16)19)26(23,24)20-10-11-25-4/h8-9,12-14,20H,5-7,10-11H2,1-4H3,(H,21,22). The number of sulfonamides is 1. The molecule has 1 aromatic carbocycles. The Labute approximate surface area is 165 Å². The van der Waals surface area contributed by atoms with Gasteiger partial charge in [-0.05, 0) is 53.4 Å². The molecule has 1 aromatic rings. The van der Waals surface area contributed by atoms with Gasteiger partial charge in [-0.1, -0.05) is 26.7 Å². The summed E-state index contributed by atoms with van der Waals surface area (Å²) >= 11 is 3.33. The highest BCUT2D eigenvalue weighted by Crippen LogP contribution is 2.21. The van der Waals surface area contributed by atoms with Gasteiger partial charge in [-0.25, -0.2) is 13.1 Å². The molecule has 0 aliphatic carbocycles. The average Bonchev–Trinajstić information content (AvgIpc) is 2.54. The van der Waals surface area contributed by atoms with Crippen LogP contribution in [-0.2, 0) is 14.8 Å². The second-order valence-corrected chi connectivity index (χ2v) is 9.35. The Morgan fingerprint density at radius 2 is 1.92 bits per heavy atom. The van der Waals surface area contributed by atoms with E-state index in [0.717, 1.165) is 19.3 Å². The van der Waals surface area contributed by atoms with E-state index in [1.807, 2.05) is 6.92 Å². The van der Waals surface area contributed by atoms with Crippen molar-refractivity contribution in [2.24, 2.45) is 5.92 Å². The number of nitrogens with one attached hydrogen (secondary N) is 2. The smallest absolute Gasteiger partial charge is 0.252 e. The molecule has 2 N–H and O–H groups in total. The van der Waals surface area contributed by atoms with Crippen molar-refractivity contribution in [1.82, 2.24) is 10.0 Å². The maximum Gasteiger partial charge on any atom is 0.252 e. The Morgan fingerprint density at radius 1 is 1.23 bits per heavy atom. The van der Waals surface area contributed by atoms with Crippen LogP contribution in [0.4, 0.5) is 0 Å². The number of carbonyl (C=O) groups excluding carboxylic acids is 1. The van der Waals surface area contributed by atoms with Gasteiger partial charge in [0.2, 0.25) is 10.0 Å². The highest BCUT2D eigenvalue weighted by Gasteiger charge is 2.19. The molecule has 6 nitrogen and oxygen atoms in total. The number of ether oxygens (including phenoxy) is 1. The van der Waals surface area contributed by atoms with Gasteiger partial charge in [0.15, 0.2) is 0 Å². The third-order valence-corrected chi connectivity index (χ3v) is 6.04. The fraction of sp³-hybridized carbons (Fsp3) is 0.611. The predicted molar refractivity (Wildman–Crippen MR) is 107 cm³/mol. The first-order valence-corrected chi connectivity index (χ1v) is 11.0. The molecule has 26 heavy (non-hydrogen) atoms. The van der Waals surface area contributed by atoms with E-state index in [0.29, 0.717) is 16.0 Å². The van der Waals surface area contributed by atoms with Crippen molar-refractivity contribution >= 4 is 31.9 Å². The quantitative estimate of drug-likeness (QED) is 0.508. The number of halogens is 1. The summed E-state index contributed by atoms with van der Waals surface area (Å²) in [6.45, 7) is 6.75. The van der Waals surface area contributed by atoms with Gasteiger partial charge in [-0.15, -0.1) is 0 Å². The Morgan fingerprint density at radius 3 is 2.54 bits per heavy atom. The highest BCUT2D eigenvalue weighted by atomic mass is 79.9. The lowest BCUT2D eigenvalue weighted by Gasteiger charge is -2.16. The molecule has 1 atom stereocenters. The van der Waals surface area contributed by atoms with Crippen molar-refractivity contribution in [3.63, 3.8) is 0 Å². The highest BCUT2D eigenvalue weighted by molar-refractivity contribution is 9.10. The number of benzene rings is 1. The normalized spacial score (nSPS) is 13.0. The Bertz CT molecular complexity index is 692. The first-order chi connectivity index (χ1) is 12.2. The second-order valence-electron chi connectivity index (χ2n) is 6.73. The van der Waals surface area contributed by atoms with Gasteiger partial charge in [0.25, 0.3) is 5.91 Å². The van der Waals surface area contributed by atoms with Gasteiger partial charge in [0.1, 0.15) is 0 Å². The first kappa shape index (κ1) is 23.1. The molecule has 1 amide bonds. The molecule has 1 unspecified atom stereocenters. The van der Waals surface area contributed by atoms with Gasteiger partial charge in [0, 0.05) is 24.2 Å². The average molecular weight is 449 g/mol. The zero-order chi connectivity index (χ0) is 19.7. The summed E-state index contributed by atoms with van der Waals surface area (Å²) in [5.74, 6) is 0.349. The van der Waals surface area contributed by atoms with Crippen molar-refractivity contribution < 1.29 is 17.9 Å². The molecule has 0 spiro atoms. The fourth-order valence-corrected chi connectivity index (χ4v) is 3.88. The Balaban J connectivity index is 2.81. The van der Waals surface area contributed by atoms with Crippen LogP contribution in [0.25, 0.3) is 0 Å². The van der Waals surface area contributed by atoms with E-state index in [-0.39, 0.29) is 30.0 Å². The van der Waals surface area contributed by atoms with Crippen LogP contribution in [0.1, 0.15) is 50.4 Å². The molecule has 0 aliphatic heterocycles. The topological polar surface area (TPSA) is 84.5 Å². The van der Waals surface area contributed by atoms with Crippen LogP contribution in [0.15, 0.2) is 27.6 Å². The minimum atomic E-state index is -3.69. The van der Waals surface area contributed by atoms with Crippen molar-refractivity contribution in [3.8, 4) is 0 Å². The van der Waals surface area contributed by atoms with Gasteiger partial charge in [-0.3, -0.25) is 4.79 Å². The molecule has 0 saturated heterocycles. The Kier molecular flexibility index (Phi) is 9.78. The molecule has 1 rings (SSSR count).